The zero-order valence-corrected chi connectivity index (χ0v) is 14.9. The molecule has 1 atom stereocenters. The van der Waals surface area contributed by atoms with Gasteiger partial charge in [0.1, 0.15) is 0 Å². The van der Waals surface area contributed by atoms with E-state index < -0.39 is 16.0 Å². The number of rotatable bonds is 7. The van der Waals surface area contributed by atoms with Crippen LogP contribution in [-0.4, -0.2) is 40.6 Å². The molecule has 6 nitrogen and oxygen atoms in total. The van der Waals surface area contributed by atoms with Crippen molar-refractivity contribution in [2.75, 3.05) is 20.2 Å². The Morgan fingerprint density at radius 2 is 2.05 bits per heavy atom. The number of sulfonamides is 1. The Labute approximate surface area is 142 Å². The summed E-state index contributed by atoms with van der Waals surface area (Å²) in [6.07, 6.45) is 0. The first-order chi connectivity index (χ1) is 9.81. The highest BCUT2D eigenvalue weighted by atomic mass is 35.5. The summed E-state index contributed by atoms with van der Waals surface area (Å²) in [5.74, 6) is -0.752. The molecule has 0 fully saturated rings. The van der Waals surface area contributed by atoms with E-state index in [0.717, 1.165) is 6.54 Å². The minimum Gasteiger partial charge on any atom is -0.465 e. The quantitative estimate of drug-likeness (QED) is 0.715. The third-order valence-electron chi connectivity index (χ3n) is 2.77. The number of hydrogen-bond acceptors (Lipinski definition) is 5. The first-order valence-electron chi connectivity index (χ1n) is 6.42. The van der Waals surface area contributed by atoms with Crippen molar-refractivity contribution >= 4 is 40.0 Å². The van der Waals surface area contributed by atoms with Gasteiger partial charge in [0.15, 0.2) is 0 Å². The van der Waals surface area contributed by atoms with E-state index in [1.807, 2.05) is 13.8 Å². The molecule has 0 aliphatic rings. The van der Waals surface area contributed by atoms with E-state index in [9.17, 15) is 13.2 Å². The average molecular weight is 371 g/mol. The number of likely N-dealkylation sites (N-methyl/N-ethyl adjacent to an activating group) is 1. The Morgan fingerprint density at radius 1 is 1.41 bits per heavy atom. The van der Waals surface area contributed by atoms with Gasteiger partial charge < -0.3 is 10.1 Å². The zero-order valence-electron chi connectivity index (χ0n) is 12.6. The van der Waals surface area contributed by atoms with Crippen LogP contribution >= 0.6 is 24.0 Å². The Hall–Kier alpha value is -0.860. The van der Waals surface area contributed by atoms with Crippen LogP contribution in [-0.2, 0) is 14.8 Å². The Bertz CT molecular complexity index is 608. The van der Waals surface area contributed by atoms with Gasteiger partial charge in [-0.2, -0.15) is 0 Å². The van der Waals surface area contributed by atoms with Crippen molar-refractivity contribution in [1.29, 1.82) is 0 Å². The number of esters is 1. The fourth-order valence-electron chi connectivity index (χ4n) is 1.74. The maximum Gasteiger partial charge on any atom is 0.339 e. The minimum atomic E-state index is -3.83. The molecule has 9 heteroatoms. The van der Waals surface area contributed by atoms with Gasteiger partial charge in [0.05, 0.1) is 17.6 Å². The molecule has 0 spiro atoms. The summed E-state index contributed by atoms with van der Waals surface area (Å²) in [5.41, 5.74) is -0.0893. The van der Waals surface area contributed by atoms with Crippen LogP contribution < -0.4 is 10.0 Å². The van der Waals surface area contributed by atoms with Crippen LogP contribution in [0.3, 0.4) is 0 Å². The molecule has 0 aliphatic carbocycles. The molecule has 0 amide bonds. The number of hydrogen-bond donors (Lipinski definition) is 2. The maximum atomic E-state index is 12.3. The predicted molar refractivity (Wildman–Crippen MR) is 88.4 cm³/mol. The average Bonchev–Trinajstić information content (AvgIpc) is 2.44. The van der Waals surface area contributed by atoms with Crippen molar-refractivity contribution in [2.24, 2.45) is 0 Å². The van der Waals surface area contributed by atoms with Gasteiger partial charge >= 0.3 is 5.97 Å². The normalized spacial score (nSPS) is 12.4. The van der Waals surface area contributed by atoms with Gasteiger partial charge in [-0.15, -0.1) is 12.4 Å². The largest absolute Gasteiger partial charge is 0.465 e. The molecule has 0 unspecified atom stereocenters. The molecule has 0 saturated carbocycles. The second kappa shape index (κ2) is 9.32. The van der Waals surface area contributed by atoms with E-state index in [4.69, 9.17) is 11.6 Å². The van der Waals surface area contributed by atoms with Crippen LogP contribution in [0.25, 0.3) is 0 Å². The lowest BCUT2D eigenvalue weighted by molar-refractivity contribution is 0.0596. The van der Waals surface area contributed by atoms with Crippen LogP contribution in [0.15, 0.2) is 23.1 Å². The van der Waals surface area contributed by atoms with E-state index in [-0.39, 0.29) is 40.5 Å². The highest BCUT2D eigenvalue weighted by molar-refractivity contribution is 7.89. The molecular weight excluding hydrogens is 351 g/mol. The number of carbonyl (C=O) groups is 1. The van der Waals surface area contributed by atoms with Crippen LogP contribution in [0.5, 0.6) is 0 Å². The smallest absolute Gasteiger partial charge is 0.339 e. The lowest BCUT2D eigenvalue weighted by Crippen LogP contribution is -2.39. The first-order valence-corrected chi connectivity index (χ1v) is 8.28. The summed E-state index contributed by atoms with van der Waals surface area (Å²) in [4.78, 5) is 11.5. The number of ether oxygens (including phenoxy) is 1. The Kier molecular flexibility index (Phi) is 8.95. The summed E-state index contributed by atoms with van der Waals surface area (Å²) < 4.78 is 31.7. The Balaban J connectivity index is 0.00000441. The molecule has 0 bridgehead atoms. The molecule has 0 heterocycles. The summed E-state index contributed by atoms with van der Waals surface area (Å²) >= 11 is 5.80. The van der Waals surface area contributed by atoms with Crippen LogP contribution in [0.1, 0.15) is 24.2 Å². The molecular formula is C13H20Cl2N2O4S. The molecule has 0 saturated heterocycles. The van der Waals surface area contributed by atoms with Crippen LogP contribution in [0.4, 0.5) is 0 Å². The number of benzene rings is 1. The molecule has 126 valence electrons. The second-order valence-corrected chi connectivity index (χ2v) is 6.61. The highest BCUT2D eigenvalue weighted by Crippen LogP contribution is 2.21. The van der Waals surface area contributed by atoms with Crippen molar-refractivity contribution in [3.8, 4) is 0 Å². The SMILES string of the molecule is CCN[C@H](C)CNS(=O)(=O)c1ccc(Cl)cc1C(=O)OC.Cl. The third-order valence-corrected chi connectivity index (χ3v) is 4.49. The summed E-state index contributed by atoms with van der Waals surface area (Å²) in [5, 5.41) is 3.35. The highest BCUT2D eigenvalue weighted by Gasteiger charge is 2.23. The number of halogens is 2. The molecule has 1 aromatic rings. The third kappa shape index (κ3) is 5.73. The summed E-state index contributed by atoms with van der Waals surface area (Å²) in [7, 11) is -2.64. The van der Waals surface area contributed by atoms with E-state index >= 15 is 0 Å². The first kappa shape index (κ1) is 21.1. The van der Waals surface area contributed by atoms with Gasteiger partial charge in [-0.1, -0.05) is 18.5 Å². The zero-order chi connectivity index (χ0) is 16.0. The van der Waals surface area contributed by atoms with E-state index in [1.54, 1.807) is 0 Å². The minimum absolute atomic E-state index is 0. The second-order valence-electron chi connectivity index (χ2n) is 4.44. The summed E-state index contributed by atoms with van der Waals surface area (Å²) in [6.45, 7) is 4.73. The van der Waals surface area contributed by atoms with Crippen LogP contribution in [0.2, 0.25) is 5.02 Å². The van der Waals surface area contributed by atoms with E-state index in [2.05, 4.69) is 14.8 Å². The van der Waals surface area contributed by atoms with Crippen LogP contribution in [0, 0.1) is 0 Å². The number of carbonyl (C=O) groups excluding carboxylic acids is 1. The fraction of sp³-hybridized carbons (Fsp3) is 0.462. The van der Waals surface area contributed by atoms with E-state index in [0.29, 0.717) is 0 Å². The topological polar surface area (TPSA) is 84.5 Å². The molecule has 22 heavy (non-hydrogen) atoms. The maximum absolute atomic E-state index is 12.3. The molecule has 0 radical (unpaired) electrons. The van der Waals surface area contributed by atoms with Gasteiger partial charge in [0.25, 0.3) is 0 Å². The van der Waals surface area contributed by atoms with Crippen molar-refractivity contribution in [3.05, 3.63) is 28.8 Å². The molecule has 0 aromatic heterocycles. The van der Waals surface area contributed by atoms with Gasteiger partial charge in [-0.3, -0.25) is 0 Å². The summed E-state index contributed by atoms with van der Waals surface area (Å²) in [6, 6.07) is 3.94. The predicted octanol–water partition coefficient (Wildman–Crippen LogP) is 1.82. The van der Waals surface area contributed by atoms with Gasteiger partial charge in [-0.25, -0.2) is 17.9 Å². The van der Waals surface area contributed by atoms with Gasteiger partial charge in [-0.05, 0) is 31.7 Å². The number of methoxy groups -OCH3 is 1. The van der Waals surface area contributed by atoms with Gasteiger partial charge in [0, 0.05) is 17.6 Å². The van der Waals surface area contributed by atoms with Crippen molar-refractivity contribution < 1.29 is 17.9 Å². The lowest BCUT2D eigenvalue weighted by atomic mass is 10.2. The van der Waals surface area contributed by atoms with Crippen molar-refractivity contribution in [3.63, 3.8) is 0 Å². The number of nitrogens with one attached hydrogen (secondary N) is 2. The van der Waals surface area contributed by atoms with Crippen molar-refractivity contribution in [1.82, 2.24) is 10.0 Å². The lowest BCUT2D eigenvalue weighted by Gasteiger charge is -2.15. The van der Waals surface area contributed by atoms with Crippen molar-refractivity contribution in [2.45, 2.75) is 24.8 Å². The fourth-order valence-corrected chi connectivity index (χ4v) is 3.22. The molecule has 1 rings (SSSR count). The standard InChI is InChI=1S/C13H19ClN2O4S.ClH/c1-4-15-9(2)8-16-21(18,19)12-6-5-10(14)7-11(12)13(17)20-3;/h5-7,9,15-16H,4,8H2,1-3H3;1H/t9-;/m1./s1. The molecule has 1 aromatic carbocycles. The molecule has 0 aliphatic heterocycles. The monoisotopic (exact) mass is 370 g/mol. The van der Waals surface area contributed by atoms with Gasteiger partial charge in [0.2, 0.25) is 10.0 Å². The Morgan fingerprint density at radius 3 is 2.59 bits per heavy atom. The molecule has 2 N–H and O–H groups in total. The van der Waals surface area contributed by atoms with E-state index in [1.165, 1.54) is 25.3 Å².